The molecule has 9 nitrogen and oxygen atoms in total. The van der Waals surface area contributed by atoms with Crippen LogP contribution in [0.3, 0.4) is 0 Å². The molecule has 0 unspecified atom stereocenters. The summed E-state index contributed by atoms with van der Waals surface area (Å²) in [6.07, 6.45) is 2.17. The van der Waals surface area contributed by atoms with Crippen LogP contribution in [0.4, 0.5) is 23.0 Å². The second-order valence-corrected chi connectivity index (χ2v) is 6.13. The van der Waals surface area contributed by atoms with Crippen LogP contribution in [0.15, 0.2) is 23.5 Å². The van der Waals surface area contributed by atoms with E-state index >= 15 is 0 Å². The number of nitrogen functional groups attached to an aromatic ring is 3. The Morgan fingerprint density at radius 3 is 2.42 bits per heavy atom. The van der Waals surface area contributed by atoms with E-state index in [0.29, 0.717) is 34.9 Å². The molecular formula is C17H20N8O. The highest BCUT2D eigenvalue weighted by atomic mass is 16.3. The summed E-state index contributed by atoms with van der Waals surface area (Å²) < 4.78 is 1.76. The molecule has 0 aliphatic rings. The first-order chi connectivity index (χ1) is 12.3. The van der Waals surface area contributed by atoms with Gasteiger partial charge in [-0.3, -0.25) is 4.68 Å². The number of anilines is 3. The van der Waals surface area contributed by atoms with Gasteiger partial charge < -0.3 is 17.2 Å². The Hall–Kier alpha value is -3.49. The molecule has 3 heterocycles. The summed E-state index contributed by atoms with van der Waals surface area (Å²) in [7, 11) is 1.86. The fourth-order valence-corrected chi connectivity index (χ4v) is 2.99. The van der Waals surface area contributed by atoms with Gasteiger partial charge in [0.1, 0.15) is 11.5 Å². The van der Waals surface area contributed by atoms with Crippen molar-refractivity contribution < 1.29 is 0 Å². The maximum Gasteiger partial charge on any atom is 0.222 e. The van der Waals surface area contributed by atoms with E-state index in [1.54, 1.807) is 17.8 Å². The van der Waals surface area contributed by atoms with Crippen molar-refractivity contribution in [2.75, 3.05) is 17.2 Å². The number of nitrogens with zero attached hydrogens (tertiary/aromatic N) is 5. The molecule has 26 heavy (non-hydrogen) atoms. The molecule has 0 fully saturated rings. The molecule has 0 saturated carbocycles. The second kappa shape index (κ2) is 6.43. The third kappa shape index (κ3) is 2.83. The van der Waals surface area contributed by atoms with E-state index in [-0.39, 0.29) is 11.5 Å². The molecule has 0 radical (unpaired) electrons. The van der Waals surface area contributed by atoms with Crippen molar-refractivity contribution in [3.8, 4) is 11.3 Å². The number of aryl methyl sites for hydroxylation is 3. The zero-order chi connectivity index (χ0) is 19.0. The van der Waals surface area contributed by atoms with E-state index in [0.717, 1.165) is 16.8 Å². The fraction of sp³-hybridized carbons (Fsp3) is 0.235. The number of nitrogens with two attached hydrogens (primary N) is 3. The second-order valence-electron chi connectivity index (χ2n) is 6.13. The van der Waals surface area contributed by atoms with E-state index in [2.05, 4.69) is 20.2 Å². The van der Waals surface area contributed by atoms with Gasteiger partial charge in [0.2, 0.25) is 5.82 Å². The molecule has 0 bridgehead atoms. The molecule has 0 aromatic carbocycles. The first-order valence-corrected chi connectivity index (χ1v) is 7.95. The number of nitroso groups, excluding NO2 is 1. The predicted octanol–water partition coefficient (Wildman–Crippen LogP) is 2.23. The molecule has 6 N–H and O–H groups in total. The SMILES string of the molecule is Cc1cnn(C)c1-c1ccc(Cc2c(C)nc(N=O)c(N)c2N)nc1N. The van der Waals surface area contributed by atoms with Gasteiger partial charge in [-0.05, 0) is 36.7 Å². The topological polar surface area (TPSA) is 151 Å². The van der Waals surface area contributed by atoms with Gasteiger partial charge in [-0.25, -0.2) is 9.97 Å². The van der Waals surface area contributed by atoms with E-state index in [4.69, 9.17) is 17.2 Å². The number of hydrogen-bond acceptors (Lipinski definition) is 8. The minimum absolute atomic E-state index is 0.0794. The summed E-state index contributed by atoms with van der Waals surface area (Å²) in [5.74, 6) is 0.302. The van der Waals surface area contributed by atoms with Crippen LogP contribution in [0.25, 0.3) is 11.3 Å². The monoisotopic (exact) mass is 352 g/mol. The van der Waals surface area contributed by atoms with Crippen LogP contribution in [0, 0.1) is 18.8 Å². The Labute approximate surface area is 150 Å². The van der Waals surface area contributed by atoms with E-state index in [1.807, 2.05) is 26.1 Å². The van der Waals surface area contributed by atoms with Crippen molar-refractivity contribution in [1.82, 2.24) is 19.7 Å². The van der Waals surface area contributed by atoms with Crippen LogP contribution < -0.4 is 17.2 Å². The summed E-state index contributed by atoms with van der Waals surface area (Å²) >= 11 is 0. The van der Waals surface area contributed by atoms with E-state index in [9.17, 15) is 4.91 Å². The third-order valence-electron chi connectivity index (χ3n) is 4.37. The maximum absolute atomic E-state index is 10.8. The quantitative estimate of drug-likeness (QED) is 0.609. The smallest absolute Gasteiger partial charge is 0.222 e. The summed E-state index contributed by atoms with van der Waals surface area (Å²) in [4.78, 5) is 19.4. The number of hydrogen-bond donors (Lipinski definition) is 3. The Morgan fingerprint density at radius 2 is 1.85 bits per heavy atom. The van der Waals surface area contributed by atoms with Gasteiger partial charge in [-0.2, -0.15) is 5.10 Å². The molecule has 134 valence electrons. The van der Waals surface area contributed by atoms with Crippen molar-refractivity contribution in [3.05, 3.63) is 45.8 Å². The maximum atomic E-state index is 10.8. The van der Waals surface area contributed by atoms with Crippen LogP contribution in [0.1, 0.15) is 22.5 Å². The predicted molar refractivity (Wildman–Crippen MR) is 102 cm³/mol. The van der Waals surface area contributed by atoms with Gasteiger partial charge in [-0.15, -0.1) is 4.91 Å². The van der Waals surface area contributed by atoms with Gasteiger partial charge in [0.25, 0.3) is 0 Å². The van der Waals surface area contributed by atoms with Gasteiger partial charge >= 0.3 is 0 Å². The molecule has 0 saturated heterocycles. The average Bonchev–Trinajstić information content (AvgIpc) is 2.94. The van der Waals surface area contributed by atoms with Gasteiger partial charge in [-0.1, -0.05) is 0 Å². The summed E-state index contributed by atoms with van der Waals surface area (Å²) in [6.45, 7) is 3.72. The van der Waals surface area contributed by atoms with E-state index < -0.39 is 0 Å². The first-order valence-electron chi connectivity index (χ1n) is 7.95. The minimum atomic E-state index is -0.0988. The number of rotatable bonds is 4. The van der Waals surface area contributed by atoms with Crippen LogP contribution in [0.5, 0.6) is 0 Å². The average molecular weight is 352 g/mol. The van der Waals surface area contributed by atoms with Crippen LogP contribution in [-0.2, 0) is 13.5 Å². The van der Waals surface area contributed by atoms with Crippen LogP contribution in [0.2, 0.25) is 0 Å². The van der Waals surface area contributed by atoms with Gasteiger partial charge in [0, 0.05) is 36.0 Å². The highest BCUT2D eigenvalue weighted by molar-refractivity contribution is 5.78. The lowest BCUT2D eigenvalue weighted by Gasteiger charge is -2.13. The standard InChI is InChI=1S/C17H20N8O/c1-8-7-21-25(3)15(8)11-5-4-10(23-16(11)20)6-12-9(2)22-17(24-26)14(19)13(12)18/h4-5,7H,6,19H2,1-3H3,(H2,18,22)(H2,20,23). The lowest BCUT2D eigenvalue weighted by atomic mass is 10.0. The number of aromatic nitrogens is 4. The van der Waals surface area contributed by atoms with Crippen molar-refractivity contribution in [2.24, 2.45) is 12.2 Å². The molecule has 0 amide bonds. The van der Waals surface area contributed by atoms with Crippen LogP contribution >= 0.6 is 0 Å². The Balaban J connectivity index is 1.99. The highest BCUT2D eigenvalue weighted by Crippen LogP contribution is 2.33. The first kappa shape index (κ1) is 17.3. The van der Waals surface area contributed by atoms with Crippen molar-refractivity contribution in [3.63, 3.8) is 0 Å². The zero-order valence-corrected chi connectivity index (χ0v) is 14.8. The largest absolute Gasteiger partial charge is 0.397 e. The Kier molecular flexibility index (Phi) is 4.29. The van der Waals surface area contributed by atoms with Crippen molar-refractivity contribution in [2.45, 2.75) is 20.3 Å². The van der Waals surface area contributed by atoms with E-state index in [1.165, 1.54) is 0 Å². The normalized spacial score (nSPS) is 10.9. The lowest BCUT2D eigenvalue weighted by molar-refractivity contribution is 0.775. The molecule has 3 aromatic heterocycles. The zero-order valence-electron chi connectivity index (χ0n) is 14.8. The van der Waals surface area contributed by atoms with Crippen LogP contribution in [-0.4, -0.2) is 19.7 Å². The fourth-order valence-electron chi connectivity index (χ4n) is 2.99. The lowest BCUT2D eigenvalue weighted by Crippen LogP contribution is -2.08. The molecule has 0 aliphatic carbocycles. The van der Waals surface area contributed by atoms with Crippen molar-refractivity contribution in [1.29, 1.82) is 0 Å². The molecule has 0 aliphatic heterocycles. The highest BCUT2D eigenvalue weighted by Gasteiger charge is 2.17. The molecule has 3 aromatic rings. The minimum Gasteiger partial charge on any atom is -0.397 e. The van der Waals surface area contributed by atoms with Gasteiger partial charge in [0.05, 0.1) is 17.6 Å². The Bertz CT molecular complexity index is 989. The molecule has 9 heteroatoms. The van der Waals surface area contributed by atoms with Gasteiger partial charge in [0.15, 0.2) is 0 Å². The summed E-state index contributed by atoms with van der Waals surface area (Å²) in [6, 6.07) is 3.78. The number of pyridine rings is 2. The Morgan fingerprint density at radius 1 is 1.12 bits per heavy atom. The summed E-state index contributed by atoms with van der Waals surface area (Å²) in [5.41, 5.74) is 23.2. The summed E-state index contributed by atoms with van der Waals surface area (Å²) in [5, 5.41) is 7.03. The molecule has 0 atom stereocenters. The molecule has 0 spiro atoms. The third-order valence-corrected chi connectivity index (χ3v) is 4.37. The van der Waals surface area contributed by atoms with Crippen molar-refractivity contribution >= 4 is 23.0 Å². The molecule has 3 rings (SSSR count). The molecular weight excluding hydrogens is 332 g/mol.